The highest BCUT2D eigenvalue weighted by atomic mass is 16.3. The van der Waals surface area contributed by atoms with Gasteiger partial charge in [0, 0.05) is 13.1 Å². The van der Waals surface area contributed by atoms with E-state index in [1.54, 1.807) is 6.20 Å². The molecular formula is C14H23N5O3. The number of carboxylic acid groups (broad SMARTS) is 1. The van der Waals surface area contributed by atoms with Crippen molar-refractivity contribution in [1.82, 2.24) is 14.9 Å². The molecule has 0 aromatic carbocycles. The number of aromatic nitrogens is 2. The van der Waals surface area contributed by atoms with Crippen LogP contribution < -0.4 is 11.1 Å². The van der Waals surface area contributed by atoms with Crippen LogP contribution in [-0.4, -0.2) is 59.0 Å². The summed E-state index contributed by atoms with van der Waals surface area (Å²) in [4.78, 5) is 29.8. The summed E-state index contributed by atoms with van der Waals surface area (Å²) < 4.78 is 0. The molecule has 2 rings (SSSR count). The van der Waals surface area contributed by atoms with Crippen LogP contribution in [0.15, 0.2) is 12.4 Å². The molecule has 1 aliphatic rings. The lowest BCUT2D eigenvalue weighted by Crippen LogP contribution is -2.32. The van der Waals surface area contributed by atoms with Crippen LogP contribution in [0.1, 0.15) is 29.8 Å². The molecule has 1 unspecified atom stereocenters. The minimum Gasteiger partial charge on any atom is -0.483 e. The lowest BCUT2D eigenvalue weighted by Gasteiger charge is -2.29. The Kier molecular flexibility index (Phi) is 7.84. The highest BCUT2D eigenvalue weighted by Gasteiger charge is 2.16. The van der Waals surface area contributed by atoms with Crippen molar-refractivity contribution in [2.75, 3.05) is 32.0 Å². The van der Waals surface area contributed by atoms with Crippen molar-refractivity contribution in [2.45, 2.75) is 19.3 Å². The quantitative estimate of drug-likeness (QED) is 0.674. The van der Waals surface area contributed by atoms with Crippen LogP contribution in [0.3, 0.4) is 0 Å². The van der Waals surface area contributed by atoms with Crippen LogP contribution in [0, 0.1) is 5.92 Å². The number of carbonyl (C=O) groups is 2. The number of nitrogens with two attached hydrogens (primary N) is 1. The zero-order chi connectivity index (χ0) is 16.4. The third-order valence-electron chi connectivity index (χ3n) is 3.47. The number of piperidine rings is 1. The van der Waals surface area contributed by atoms with Crippen LogP contribution in [0.4, 0.5) is 5.82 Å². The fraction of sp³-hybridized carbons (Fsp3) is 0.571. The summed E-state index contributed by atoms with van der Waals surface area (Å²) in [5.74, 6) is 0.795. The molecule has 1 amide bonds. The molecule has 1 aromatic rings. The Labute approximate surface area is 129 Å². The van der Waals surface area contributed by atoms with Gasteiger partial charge in [-0.15, -0.1) is 0 Å². The van der Waals surface area contributed by atoms with Crippen LogP contribution in [0.5, 0.6) is 0 Å². The molecule has 1 atom stereocenters. The Balaban J connectivity index is 0.000000745. The fourth-order valence-corrected chi connectivity index (χ4v) is 2.48. The van der Waals surface area contributed by atoms with E-state index in [1.165, 1.54) is 25.6 Å². The number of carbonyl (C=O) groups excluding carboxylic acids is 1. The molecule has 8 nitrogen and oxygen atoms in total. The predicted octanol–water partition coefficient (Wildman–Crippen LogP) is 0.420. The zero-order valence-corrected chi connectivity index (χ0v) is 12.7. The van der Waals surface area contributed by atoms with Crippen molar-refractivity contribution >= 4 is 18.2 Å². The number of primary amides is 1. The molecule has 0 aliphatic carbocycles. The summed E-state index contributed by atoms with van der Waals surface area (Å²) in [5.41, 5.74) is 5.37. The average Bonchev–Trinajstić information content (AvgIpc) is 2.48. The molecule has 8 heteroatoms. The average molecular weight is 309 g/mol. The Morgan fingerprint density at radius 3 is 2.95 bits per heavy atom. The molecule has 0 saturated carbocycles. The second-order valence-electron chi connectivity index (χ2n) is 5.25. The largest absolute Gasteiger partial charge is 0.483 e. The van der Waals surface area contributed by atoms with Crippen molar-refractivity contribution in [2.24, 2.45) is 11.7 Å². The third-order valence-corrected chi connectivity index (χ3v) is 3.47. The standard InChI is InChI=1S/C13H21N5O.CH2O2/c1-18-6-2-3-10(9-18)4-5-16-12-8-15-7-11(17-12)13(14)19;2-1-3/h7-8,10H,2-6,9H2,1H3,(H2,14,19)(H,16,17);1H,(H,2,3). The first kappa shape index (κ1) is 17.8. The van der Waals surface area contributed by atoms with Crippen LogP contribution in [0.25, 0.3) is 0 Å². The Morgan fingerprint density at radius 1 is 1.59 bits per heavy atom. The monoisotopic (exact) mass is 309 g/mol. The lowest BCUT2D eigenvalue weighted by molar-refractivity contribution is -0.122. The first-order valence-electron chi connectivity index (χ1n) is 7.19. The van der Waals surface area contributed by atoms with E-state index >= 15 is 0 Å². The van der Waals surface area contributed by atoms with Gasteiger partial charge in [0.05, 0.1) is 12.4 Å². The van der Waals surface area contributed by atoms with Gasteiger partial charge in [-0.25, -0.2) is 4.98 Å². The maximum atomic E-state index is 11.0. The highest BCUT2D eigenvalue weighted by molar-refractivity contribution is 5.90. The maximum Gasteiger partial charge on any atom is 0.290 e. The van der Waals surface area contributed by atoms with E-state index in [0.717, 1.165) is 25.4 Å². The van der Waals surface area contributed by atoms with Gasteiger partial charge in [0.15, 0.2) is 0 Å². The van der Waals surface area contributed by atoms with Crippen molar-refractivity contribution in [3.63, 3.8) is 0 Å². The summed E-state index contributed by atoms with van der Waals surface area (Å²) in [6.07, 6.45) is 6.66. The molecule has 2 heterocycles. The van der Waals surface area contributed by atoms with Gasteiger partial charge in [-0.05, 0) is 38.8 Å². The maximum absolute atomic E-state index is 11.0. The molecule has 1 aromatic heterocycles. The summed E-state index contributed by atoms with van der Waals surface area (Å²) in [7, 11) is 2.17. The Morgan fingerprint density at radius 2 is 2.32 bits per heavy atom. The van der Waals surface area contributed by atoms with Gasteiger partial charge in [-0.3, -0.25) is 14.6 Å². The SMILES string of the molecule is CN1CCCC(CCNc2cncc(C(N)=O)n2)C1.O=CO. The highest BCUT2D eigenvalue weighted by Crippen LogP contribution is 2.18. The van der Waals surface area contributed by atoms with E-state index in [4.69, 9.17) is 15.6 Å². The predicted molar refractivity (Wildman–Crippen MR) is 82.6 cm³/mol. The number of nitrogens with one attached hydrogen (secondary N) is 1. The minimum atomic E-state index is -0.551. The molecule has 4 N–H and O–H groups in total. The van der Waals surface area contributed by atoms with E-state index in [2.05, 4.69) is 27.2 Å². The normalized spacial score (nSPS) is 18.0. The summed E-state index contributed by atoms with van der Waals surface area (Å²) in [6.45, 7) is 2.96. The third kappa shape index (κ3) is 6.49. The smallest absolute Gasteiger partial charge is 0.290 e. The summed E-state index contributed by atoms with van der Waals surface area (Å²) in [6, 6.07) is 0. The van der Waals surface area contributed by atoms with E-state index in [-0.39, 0.29) is 12.2 Å². The molecule has 0 radical (unpaired) electrons. The number of hydrogen-bond donors (Lipinski definition) is 3. The number of hydrogen-bond acceptors (Lipinski definition) is 6. The zero-order valence-electron chi connectivity index (χ0n) is 12.7. The Hall–Kier alpha value is -2.22. The molecule has 1 saturated heterocycles. The molecule has 1 fully saturated rings. The number of anilines is 1. The molecule has 22 heavy (non-hydrogen) atoms. The van der Waals surface area contributed by atoms with Crippen molar-refractivity contribution in [1.29, 1.82) is 0 Å². The van der Waals surface area contributed by atoms with E-state index in [0.29, 0.717) is 5.82 Å². The number of likely N-dealkylation sites (tertiary alicyclic amines) is 1. The van der Waals surface area contributed by atoms with Gasteiger partial charge in [-0.2, -0.15) is 0 Å². The van der Waals surface area contributed by atoms with Crippen molar-refractivity contribution in [3.05, 3.63) is 18.1 Å². The van der Waals surface area contributed by atoms with Gasteiger partial charge in [0.1, 0.15) is 11.5 Å². The first-order valence-corrected chi connectivity index (χ1v) is 7.19. The number of rotatable bonds is 5. The second-order valence-corrected chi connectivity index (χ2v) is 5.25. The number of nitrogens with zero attached hydrogens (tertiary/aromatic N) is 3. The second kappa shape index (κ2) is 9.67. The molecule has 122 valence electrons. The minimum absolute atomic E-state index is 0.197. The molecule has 1 aliphatic heterocycles. The van der Waals surface area contributed by atoms with E-state index in [1.807, 2.05) is 0 Å². The fourth-order valence-electron chi connectivity index (χ4n) is 2.48. The molecule has 0 spiro atoms. The van der Waals surface area contributed by atoms with Gasteiger partial charge >= 0.3 is 0 Å². The van der Waals surface area contributed by atoms with Gasteiger partial charge in [0.2, 0.25) is 0 Å². The van der Waals surface area contributed by atoms with Crippen LogP contribution >= 0.6 is 0 Å². The Bertz CT molecular complexity index is 483. The van der Waals surface area contributed by atoms with Crippen molar-refractivity contribution < 1.29 is 14.7 Å². The van der Waals surface area contributed by atoms with Gasteiger partial charge in [0.25, 0.3) is 12.4 Å². The van der Waals surface area contributed by atoms with Gasteiger partial charge < -0.3 is 21.1 Å². The van der Waals surface area contributed by atoms with E-state index in [9.17, 15) is 4.79 Å². The first-order chi connectivity index (χ1) is 10.6. The van der Waals surface area contributed by atoms with Crippen LogP contribution in [-0.2, 0) is 4.79 Å². The summed E-state index contributed by atoms with van der Waals surface area (Å²) in [5, 5.41) is 10.1. The van der Waals surface area contributed by atoms with Crippen LogP contribution in [0.2, 0.25) is 0 Å². The van der Waals surface area contributed by atoms with E-state index < -0.39 is 5.91 Å². The molecular weight excluding hydrogens is 286 g/mol. The van der Waals surface area contributed by atoms with Gasteiger partial charge in [-0.1, -0.05) is 0 Å². The summed E-state index contributed by atoms with van der Waals surface area (Å²) >= 11 is 0. The number of amides is 1. The molecule has 0 bridgehead atoms. The lowest BCUT2D eigenvalue weighted by atomic mass is 9.95. The topological polar surface area (TPSA) is 121 Å². The van der Waals surface area contributed by atoms with Crippen molar-refractivity contribution in [3.8, 4) is 0 Å².